The summed E-state index contributed by atoms with van der Waals surface area (Å²) in [6.07, 6.45) is 3.88. The van der Waals surface area contributed by atoms with E-state index in [9.17, 15) is 9.90 Å². The lowest BCUT2D eigenvalue weighted by atomic mass is 9.85. The van der Waals surface area contributed by atoms with Gasteiger partial charge in [0.25, 0.3) is 0 Å². The summed E-state index contributed by atoms with van der Waals surface area (Å²) in [6, 6.07) is 15.0. The number of hydrogen-bond donors (Lipinski definition) is 2. The number of carbonyl (C=O) groups excluding carboxylic acids is 1. The summed E-state index contributed by atoms with van der Waals surface area (Å²) in [4.78, 5) is 19.1. The topological polar surface area (TPSA) is 78.9 Å². The fourth-order valence-corrected chi connectivity index (χ4v) is 3.58. The van der Waals surface area contributed by atoms with Crippen molar-refractivity contribution in [1.82, 2.24) is 4.90 Å². The smallest absolute Gasteiger partial charge is 0.192 e. The van der Waals surface area contributed by atoms with Crippen LogP contribution in [0.25, 0.3) is 11.1 Å². The average Bonchev–Trinajstić information content (AvgIpc) is 3.56. The van der Waals surface area contributed by atoms with Gasteiger partial charge in [0.15, 0.2) is 12.2 Å². The minimum atomic E-state index is -0.969. The van der Waals surface area contributed by atoms with Crippen LogP contribution in [0.15, 0.2) is 53.5 Å². The number of nitrogens with zero attached hydrogens (tertiary/aromatic N) is 2. The molecule has 1 atom stereocenters. The molecule has 29 heavy (non-hydrogen) atoms. The molecule has 0 spiro atoms. The Morgan fingerprint density at radius 3 is 2.48 bits per heavy atom. The predicted molar refractivity (Wildman–Crippen MR) is 118 cm³/mol. The van der Waals surface area contributed by atoms with E-state index in [0.717, 1.165) is 48.8 Å². The first kappa shape index (κ1) is 20.9. The van der Waals surface area contributed by atoms with Crippen molar-refractivity contribution in [3.8, 4) is 16.9 Å². The second-order valence-corrected chi connectivity index (χ2v) is 8.42. The van der Waals surface area contributed by atoms with Crippen LogP contribution in [-0.2, 0) is 10.3 Å². The predicted octanol–water partition coefficient (Wildman–Crippen LogP) is 4.16. The number of aliphatic imine (C=N–C) groups is 1. The number of phenolic OH excluding ortho intramolecular Hbond substituents is 1. The first-order valence-electron chi connectivity index (χ1n) is 10.3. The molecule has 0 amide bonds. The largest absolute Gasteiger partial charge is 0.508 e. The monoisotopic (exact) mass is 393 g/mol. The summed E-state index contributed by atoms with van der Waals surface area (Å²) in [6.45, 7) is 5.15. The summed E-state index contributed by atoms with van der Waals surface area (Å²) in [5.74, 6) is 1.35. The second kappa shape index (κ2) is 8.68. The van der Waals surface area contributed by atoms with E-state index in [4.69, 9.17) is 10.7 Å². The molecule has 5 heteroatoms. The summed E-state index contributed by atoms with van der Waals surface area (Å²) in [7, 11) is 1.92. The molecule has 0 bridgehead atoms. The number of nitrogens with two attached hydrogens (primary N) is 1. The zero-order chi connectivity index (χ0) is 21.0. The van der Waals surface area contributed by atoms with E-state index in [0.29, 0.717) is 11.9 Å². The van der Waals surface area contributed by atoms with E-state index in [1.165, 1.54) is 0 Å². The molecular weight excluding hydrogens is 362 g/mol. The molecule has 1 unspecified atom stereocenters. The van der Waals surface area contributed by atoms with Gasteiger partial charge in [0, 0.05) is 13.6 Å². The van der Waals surface area contributed by atoms with Gasteiger partial charge in [-0.3, -0.25) is 0 Å². The van der Waals surface area contributed by atoms with E-state index in [-0.39, 0.29) is 11.7 Å². The van der Waals surface area contributed by atoms with E-state index in [1.54, 1.807) is 12.1 Å². The number of phenols is 1. The molecule has 0 heterocycles. The molecule has 5 nitrogen and oxygen atoms in total. The van der Waals surface area contributed by atoms with Crippen molar-refractivity contribution < 1.29 is 9.90 Å². The maximum Gasteiger partial charge on any atom is 0.192 e. The quantitative estimate of drug-likeness (QED) is 0.401. The molecule has 0 saturated heterocycles. The van der Waals surface area contributed by atoms with Gasteiger partial charge in [-0.1, -0.05) is 44.2 Å². The lowest BCUT2D eigenvalue weighted by Gasteiger charge is -2.28. The Hall–Kier alpha value is -2.82. The van der Waals surface area contributed by atoms with Crippen LogP contribution in [0, 0.1) is 11.8 Å². The summed E-state index contributed by atoms with van der Waals surface area (Å²) in [5.41, 5.74) is 8.03. The third-order valence-corrected chi connectivity index (χ3v) is 5.62. The molecule has 1 saturated carbocycles. The van der Waals surface area contributed by atoms with Gasteiger partial charge < -0.3 is 20.5 Å². The second-order valence-electron chi connectivity index (χ2n) is 8.42. The minimum absolute atomic E-state index is 0.163. The SMILES string of the molecule is CC(C)CCN(C)C(N)=NC(C=O)(c1cccc(-c2cccc(O)c2)c1)C1CC1. The Kier molecular flexibility index (Phi) is 6.26. The molecule has 0 radical (unpaired) electrons. The maximum atomic E-state index is 12.4. The molecule has 3 N–H and O–H groups in total. The van der Waals surface area contributed by atoms with Crippen molar-refractivity contribution in [2.24, 2.45) is 22.6 Å². The highest BCUT2D eigenvalue weighted by atomic mass is 16.3. The summed E-state index contributed by atoms with van der Waals surface area (Å²) in [5, 5.41) is 9.82. The van der Waals surface area contributed by atoms with Crippen molar-refractivity contribution in [2.75, 3.05) is 13.6 Å². The zero-order valence-electron chi connectivity index (χ0n) is 17.5. The highest BCUT2D eigenvalue weighted by molar-refractivity contribution is 5.83. The normalized spacial score (nSPS) is 16.5. The first-order chi connectivity index (χ1) is 13.9. The van der Waals surface area contributed by atoms with Crippen molar-refractivity contribution in [3.63, 3.8) is 0 Å². The molecule has 1 fully saturated rings. The van der Waals surface area contributed by atoms with Gasteiger partial charge in [0.05, 0.1) is 0 Å². The van der Waals surface area contributed by atoms with Gasteiger partial charge in [-0.25, -0.2) is 4.99 Å². The lowest BCUT2D eigenvalue weighted by Crippen LogP contribution is -2.40. The van der Waals surface area contributed by atoms with Crippen LogP contribution >= 0.6 is 0 Å². The summed E-state index contributed by atoms with van der Waals surface area (Å²) < 4.78 is 0. The van der Waals surface area contributed by atoms with Crippen molar-refractivity contribution >= 4 is 12.2 Å². The molecule has 1 aliphatic rings. The first-order valence-corrected chi connectivity index (χ1v) is 10.3. The molecule has 2 aromatic rings. The van der Waals surface area contributed by atoms with E-state index in [1.807, 2.05) is 48.3 Å². The third kappa shape index (κ3) is 4.78. The molecule has 1 aliphatic carbocycles. The Morgan fingerprint density at radius 2 is 1.90 bits per heavy atom. The van der Waals surface area contributed by atoms with Gasteiger partial charge in [-0.15, -0.1) is 0 Å². The van der Waals surface area contributed by atoms with Gasteiger partial charge in [0.2, 0.25) is 0 Å². The molecule has 0 aliphatic heterocycles. The van der Waals surface area contributed by atoms with Crippen LogP contribution in [0.3, 0.4) is 0 Å². The standard InChI is InChI=1S/C24H31N3O2/c1-17(2)12-13-27(3)23(25)26-24(16-28,20-10-11-20)21-8-4-6-18(14-21)19-7-5-9-22(29)15-19/h4-9,14-17,20,29H,10-13H2,1-3H3,(H2,25,26). The highest BCUT2D eigenvalue weighted by Gasteiger charge is 2.47. The highest BCUT2D eigenvalue weighted by Crippen LogP contribution is 2.48. The van der Waals surface area contributed by atoms with Crippen molar-refractivity contribution in [3.05, 3.63) is 54.1 Å². The number of rotatable bonds is 8. The number of aromatic hydroxyl groups is 1. The van der Waals surface area contributed by atoms with Crippen LogP contribution in [0.2, 0.25) is 0 Å². The Balaban J connectivity index is 1.98. The van der Waals surface area contributed by atoms with E-state index >= 15 is 0 Å². The van der Waals surface area contributed by atoms with Crippen LogP contribution in [-0.4, -0.2) is 35.8 Å². The number of hydrogen-bond acceptors (Lipinski definition) is 3. The van der Waals surface area contributed by atoms with Gasteiger partial charge in [-0.2, -0.15) is 0 Å². The fraction of sp³-hybridized carbons (Fsp3) is 0.417. The minimum Gasteiger partial charge on any atom is -0.508 e. The van der Waals surface area contributed by atoms with Crippen molar-refractivity contribution in [1.29, 1.82) is 0 Å². The Morgan fingerprint density at radius 1 is 1.24 bits per heavy atom. The number of aldehydes is 1. The third-order valence-electron chi connectivity index (χ3n) is 5.62. The number of guanidine groups is 1. The van der Waals surface area contributed by atoms with Crippen molar-refractivity contribution in [2.45, 2.75) is 38.6 Å². The Bertz CT molecular complexity index is 889. The lowest BCUT2D eigenvalue weighted by molar-refractivity contribution is -0.113. The van der Waals surface area contributed by atoms with Crippen LogP contribution < -0.4 is 5.73 Å². The molecule has 2 aromatic carbocycles. The zero-order valence-corrected chi connectivity index (χ0v) is 17.5. The van der Waals surface area contributed by atoms with Crippen LogP contribution in [0.1, 0.15) is 38.7 Å². The van der Waals surface area contributed by atoms with Gasteiger partial charge >= 0.3 is 0 Å². The van der Waals surface area contributed by atoms with Gasteiger partial charge in [0.1, 0.15) is 11.3 Å². The fourth-order valence-electron chi connectivity index (χ4n) is 3.58. The molecule has 154 valence electrons. The maximum absolute atomic E-state index is 12.4. The van der Waals surface area contributed by atoms with E-state index in [2.05, 4.69) is 13.8 Å². The molecule has 3 rings (SSSR count). The molecule has 0 aromatic heterocycles. The summed E-state index contributed by atoms with van der Waals surface area (Å²) >= 11 is 0. The Labute approximate surface area is 173 Å². The van der Waals surface area contributed by atoms with E-state index < -0.39 is 5.54 Å². The number of benzene rings is 2. The van der Waals surface area contributed by atoms with Crippen LogP contribution in [0.4, 0.5) is 0 Å². The average molecular weight is 394 g/mol. The molecular formula is C24H31N3O2. The van der Waals surface area contributed by atoms with Gasteiger partial charge in [-0.05, 0) is 66.0 Å². The van der Waals surface area contributed by atoms with Crippen LogP contribution in [0.5, 0.6) is 5.75 Å². The number of carbonyl (C=O) groups is 1.